The molecule has 0 saturated heterocycles. The molecule has 1 aliphatic carbocycles. The molecule has 22 heavy (non-hydrogen) atoms. The molecule has 0 unspecified atom stereocenters. The van der Waals surface area contributed by atoms with Crippen molar-refractivity contribution in [3.63, 3.8) is 0 Å². The van der Waals surface area contributed by atoms with Crippen molar-refractivity contribution < 1.29 is 4.79 Å². The van der Waals surface area contributed by atoms with Gasteiger partial charge in [-0.25, -0.2) is 4.68 Å². The van der Waals surface area contributed by atoms with Gasteiger partial charge in [0.1, 0.15) is 0 Å². The van der Waals surface area contributed by atoms with E-state index in [9.17, 15) is 4.79 Å². The molecule has 0 aliphatic heterocycles. The third kappa shape index (κ3) is 3.58. The molecule has 2 aromatic rings. The fraction of sp³-hybridized carbons (Fsp3) is 0.412. The summed E-state index contributed by atoms with van der Waals surface area (Å²) in [7, 11) is 0. The zero-order chi connectivity index (χ0) is 15.5. The molecule has 1 aromatic carbocycles. The number of nitrogens with zero attached hydrogens (tertiary/aromatic N) is 2. The number of hydrogen-bond acceptors (Lipinski definition) is 2. The Labute approximate surface area is 139 Å². The Bertz CT molecular complexity index is 642. The Morgan fingerprint density at radius 3 is 2.59 bits per heavy atom. The normalized spacial score (nSPS) is 21.5. The SMILES string of the molecule is CC1CCC(NC(=O)c2cnn(-c3ccc(Br)cc3)c2)CC1. The molecular weight excluding hydrogens is 342 g/mol. The van der Waals surface area contributed by atoms with Gasteiger partial charge in [0.2, 0.25) is 0 Å². The maximum absolute atomic E-state index is 12.3. The number of carbonyl (C=O) groups excluding carboxylic acids is 1. The van der Waals surface area contributed by atoms with Crippen LogP contribution in [0.4, 0.5) is 0 Å². The van der Waals surface area contributed by atoms with Gasteiger partial charge in [-0.3, -0.25) is 4.79 Å². The highest BCUT2D eigenvalue weighted by molar-refractivity contribution is 9.10. The van der Waals surface area contributed by atoms with Gasteiger partial charge in [-0.05, 0) is 55.9 Å². The lowest BCUT2D eigenvalue weighted by atomic mass is 9.87. The first-order valence-corrected chi connectivity index (χ1v) is 8.52. The largest absolute Gasteiger partial charge is 0.349 e. The summed E-state index contributed by atoms with van der Waals surface area (Å²) in [6.07, 6.45) is 7.96. The molecule has 3 rings (SSSR count). The Hall–Kier alpha value is -1.62. The summed E-state index contributed by atoms with van der Waals surface area (Å²) in [5.41, 5.74) is 1.55. The molecule has 0 spiro atoms. The van der Waals surface area contributed by atoms with E-state index >= 15 is 0 Å². The first-order valence-electron chi connectivity index (χ1n) is 7.73. The number of aromatic nitrogens is 2. The van der Waals surface area contributed by atoms with Crippen LogP contribution in [-0.4, -0.2) is 21.7 Å². The summed E-state index contributed by atoms with van der Waals surface area (Å²) in [6, 6.07) is 8.14. The van der Waals surface area contributed by atoms with Gasteiger partial charge < -0.3 is 5.32 Å². The molecule has 1 saturated carbocycles. The minimum Gasteiger partial charge on any atom is -0.349 e. The highest BCUT2D eigenvalue weighted by atomic mass is 79.9. The number of benzene rings is 1. The first kappa shape index (κ1) is 15.3. The number of amides is 1. The van der Waals surface area contributed by atoms with Gasteiger partial charge in [0.25, 0.3) is 5.91 Å². The Kier molecular flexibility index (Phi) is 4.62. The molecule has 4 nitrogen and oxygen atoms in total. The second kappa shape index (κ2) is 6.65. The second-order valence-electron chi connectivity index (χ2n) is 6.08. The molecule has 1 aromatic heterocycles. The maximum Gasteiger partial charge on any atom is 0.254 e. The molecule has 116 valence electrons. The van der Waals surface area contributed by atoms with Crippen molar-refractivity contribution in [1.82, 2.24) is 15.1 Å². The van der Waals surface area contributed by atoms with Crippen LogP contribution in [0.15, 0.2) is 41.1 Å². The highest BCUT2D eigenvalue weighted by Gasteiger charge is 2.20. The standard InChI is InChI=1S/C17H20BrN3O/c1-12-2-6-15(7-3-12)20-17(22)13-10-19-21(11-13)16-8-4-14(18)5-9-16/h4-5,8-12,15H,2-3,6-7H2,1H3,(H,20,22). The topological polar surface area (TPSA) is 46.9 Å². The summed E-state index contributed by atoms with van der Waals surface area (Å²) in [6.45, 7) is 2.28. The van der Waals surface area contributed by atoms with Gasteiger partial charge in [-0.2, -0.15) is 5.10 Å². The van der Waals surface area contributed by atoms with Crippen molar-refractivity contribution in [2.45, 2.75) is 38.6 Å². The monoisotopic (exact) mass is 361 g/mol. The molecule has 0 atom stereocenters. The van der Waals surface area contributed by atoms with Gasteiger partial charge in [0.15, 0.2) is 0 Å². The van der Waals surface area contributed by atoms with Crippen LogP contribution in [0.2, 0.25) is 0 Å². The van der Waals surface area contributed by atoms with E-state index < -0.39 is 0 Å². The van der Waals surface area contributed by atoms with E-state index in [0.717, 1.165) is 28.9 Å². The van der Waals surface area contributed by atoms with Gasteiger partial charge in [-0.15, -0.1) is 0 Å². The zero-order valence-electron chi connectivity index (χ0n) is 12.6. The van der Waals surface area contributed by atoms with Gasteiger partial charge in [-0.1, -0.05) is 22.9 Å². The first-order chi connectivity index (χ1) is 10.6. The average Bonchev–Trinajstić information content (AvgIpc) is 3.00. The van der Waals surface area contributed by atoms with Gasteiger partial charge in [0.05, 0.1) is 17.4 Å². The maximum atomic E-state index is 12.3. The van der Waals surface area contributed by atoms with E-state index in [4.69, 9.17) is 0 Å². The summed E-state index contributed by atoms with van der Waals surface area (Å²) in [5.74, 6) is 0.760. The Morgan fingerprint density at radius 2 is 1.91 bits per heavy atom. The fourth-order valence-corrected chi connectivity index (χ4v) is 3.11. The van der Waals surface area contributed by atoms with Crippen LogP contribution in [-0.2, 0) is 0 Å². The van der Waals surface area contributed by atoms with Crippen molar-refractivity contribution in [2.75, 3.05) is 0 Å². The predicted molar refractivity (Wildman–Crippen MR) is 90.2 cm³/mol. The van der Waals surface area contributed by atoms with Crippen molar-refractivity contribution >= 4 is 21.8 Å². The van der Waals surface area contributed by atoms with E-state index in [1.54, 1.807) is 17.1 Å². The highest BCUT2D eigenvalue weighted by Crippen LogP contribution is 2.23. The summed E-state index contributed by atoms with van der Waals surface area (Å²) in [5, 5.41) is 7.41. The third-order valence-electron chi connectivity index (χ3n) is 4.29. The Balaban J connectivity index is 1.65. The zero-order valence-corrected chi connectivity index (χ0v) is 14.2. The van der Waals surface area contributed by atoms with Crippen LogP contribution < -0.4 is 5.32 Å². The van der Waals surface area contributed by atoms with Crippen LogP contribution in [0, 0.1) is 5.92 Å². The van der Waals surface area contributed by atoms with Gasteiger partial charge >= 0.3 is 0 Å². The van der Waals surface area contributed by atoms with Crippen molar-refractivity contribution in [1.29, 1.82) is 0 Å². The van der Waals surface area contributed by atoms with Crippen LogP contribution in [0.3, 0.4) is 0 Å². The van der Waals surface area contributed by atoms with Crippen molar-refractivity contribution in [2.24, 2.45) is 5.92 Å². The van der Waals surface area contributed by atoms with Crippen LogP contribution >= 0.6 is 15.9 Å². The second-order valence-corrected chi connectivity index (χ2v) is 7.00. The lowest BCUT2D eigenvalue weighted by molar-refractivity contribution is 0.0923. The number of halogens is 1. The number of rotatable bonds is 3. The predicted octanol–water partition coefficient (Wildman–Crippen LogP) is 3.94. The molecule has 1 aliphatic rings. The lowest BCUT2D eigenvalue weighted by Crippen LogP contribution is -2.37. The Morgan fingerprint density at radius 1 is 1.23 bits per heavy atom. The molecular formula is C17H20BrN3O. The van der Waals surface area contributed by atoms with Crippen molar-refractivity contribution in [3.05, 3.63) is 46.7 Å². The lowest BCUT2D eigenvalue weighted by Gasteiger charge is -2.26. The molecule has 1 fully saturated rings. The van der Waals surface area contributed by atoms with E-state index in [1.165, 1.54) is 12.8 Å². The smallest absolute Gasteiger partial charge is 0.254 e. The minimum absolute atomic E-state index is 0.0251. The van der Waals surface area contributed by atoms with E-state index in [2.05, 4.69) is 33.3 Å². The molecule has 1 heterocycles. The fourth-order valence-electron chi connectivity index (χ4n) is 2.85. The van der Waals surface area contributed by atoms with E-state index in [0.29, 0.717) is 11.6 Å². The van der Waals surface area contributed by atoms with Crippen LogP contribution in [0.1, 0.15) is 43.0 Å². The molecule has 1 amide bonds. The molecule has 5 heteroatoms. The molecule has 1 N–H and O–H groups in total. The van der Waals surface area contributed by atoms with Gasteiger partial charge in [0, 0.05) is 16.7 Å². The third-order valence-corrected chi connectivity index (χ3v) is 4.82. The number of carbonyl (C=O) groups is 1. The molecule has 0 radical (unpaired) electrons. The van der Waals surface area contributed by atoms with E-state index in [-0.39, 0.29) is 5.91 Å². The summed E-state index contributed by atoms with van der Waals surface area (Å²) >= 11 is 3.41. The summed E-state index contributed by atoms with van der Waals surface area (Å²) < 4.78 is 2.75. The average molecular weight is 362 g/mol. The number of nitrogens with one attached hydrogen (secondary N) is 1. The molecule has 0 bridgehead atoms. The van der Waals surface area contributed by atoms with Crippen LogP contribution in [0.25, 0.3) is 5.69 Å². The van der Waals surface area contributed by atoms with E-state index in [1.807, 2.05) is 24.3 Å². The minimum atomic E-state index is -0.0251. The van der Waals surface area contributed by atoms with Crippen LogP contribution in [0.5, 0.6) is 0 Å². The quantitative estimate of drug-likeness (QED) is 0.899. The van der Waals surface area contributed by atoms with Crippen molar-refractivity contribution in [3.8, 4) is 5.69 Å². The number of hydrogen-bond donors (Lipinski definition) is 1. The summed E-state index contributed by atoms with van der Waals surface area (Å²) in [4.78, 5) is 12.3.